The first kappa shape index (κ1) is 35.3. The maximum atomic E-state index is 14.2. The van der Waals surface area contributed by atoms with Gasteiger partial charge in [0.05, 0.1) is 24.8 Å². The molecule has 9 nitrogen and oxygen atoms in total. The van der Waals surface area contributed by atoms with Crippen LogP contribution in [0.4, 0.5) is 5.69 Å². The Morgan fingerprint density at radius 1 is 0.886 bits per heavy atom. The molecule has 0 saturated carbocycles. The lowest BCUT2D eigenvalue weighted by atomic mass is 10.1. The quantitative estimate of drug-likeness (QED) is 0.210. The number of halogens is 3. The third-order valence-corrected chi connectivity index (χ3v) is 9.37. The predicted octanol–water partition coefficient (Wildman–Crippen LogP) is 6.44. The molecule has 0 bridgehead atoms. The van der Waals surface area contributed by atoms with Gasteiger partial charge < -0.3 is 19.7 Å². The molecule has 0 aromatic heterocycles. The van der Waals surface area contributed by atoms with E-state index >= 15 is 0 Å². The first-order chi connectivity index (χ1) is 20.8. The fourth-order valence-corrected chi connectivity index (χ4v) is 6.44. The summed E-state index contributed by atoms with van der Waals surface area (Å²) in [6, 6.07) is 14.1. The van der Waals surface area contributed by atoms with Gasteiger partial charge in [0, 0.05) is 34.2 Å². The van der Waals surface area contributed by atoms with E-state index in [1.54, 1.807) is 25.1 Å². The average molecular weight is 685 g/mol. The molecule has 0 radical (unpaired) electrons. The lowest BCUT2D eigenvalue weighted by Crippen LogP contribution is -2.52. The van der Waals surface area contributed by atoms with Crippen LogP contribution in [0, 0.1) is 5.92 Å². The van der Waals surface area contributed by atoms with Crippen molar-refractivity contribution in [2.24, 2.45) is 5.92 Å². The number of sulfonamides is 1. The molecule has 2 amide bonds. The second-order valence-corrected chi connectivity index (χ2v) is 13.5. The Bertz CT molecular complexity index is 1570. The van der Waals surface area contributed by atoms with Gasteiger partial charge in [-0.3, -0.25) is 13.9 Å². The normalized spacial score (nSPS) is 12.0. The summed E-state index contributed by atoms with van der Waals surface area (Å²) < 4.78 is 39.9. The SMILES string of the molecule is CCC(C(=O)NCC(C)C)N(Cc1ccc(Cl)cc1Cl)C(=O)CN(c1ccc(Cl)cc1)S(=O)(=O)c1ccc(OC)c(OC)c1. The number of carbonyl (C=O) groups is 2. The molecule has 0 aliphatic rings. The van der Waals surface area contributed by atoms with Crippen molar-refractivity contribution >= 4 is 62.3 Å². The molecule has 44 heavy (non-hydrogen) atoms. The van der Waals surface area contributed by atoms with Crippen LogP contribution in [0.5, 0.6) is 11.5 Å². The van der Waals surface area contributed by atoms with Gasteiger partial charge in [-0.25, -0.2) is 8.42 Å². The topological polar surface area (TPSA) is 105 Å². The van der Waals surface area contributed by atoms with Gasteiger partial charge in [-0.1, -0.05) is 61.6 Å². The van der Waals surface area contributed by atoms with Crippen LogP contribution in [0.3, 0.4) is 0 Å². The van der Waals surface area contributed by atoms with E-state index in [0.717, 1.165) is 4.31 Å². The maximum absolute atomic E-state index is 14.2. The van der Waals surface area contributed by atoms with E-state index in [1.807, 2.05) is 13.8 Å². The highest BCUT2D eigenvalue weighted by molar-refractivity contribution is 7.92. The number of hydrogen-bond acceptors (Lipinski definition) is 6. The summed E-state index contributed by atoms with van der Waals surface area (Å²) in [5.41, 5.74) is 0.736. The van der Waals surface area contributed by atoms with Crippen molar-refractivity contribution in [3.8, 4) is 11.5 Å². The largest absolute Gasteiger partial charge is 0.493 e. The Morgan fingerprint density at radius 3 is 2.09 bits per heavy atom. The molecule has 0 spiro atoms. The summed E-state index contributed by atoms with van der Waals surface area (Å²) in [6.45, 7) is 5.41. The minimum absolute atomic E-state index is 0.0622. The van der Waals surface area contributed by atoms with Crippen LogP contribution < -0.4 is 19.1 Å². The third-order valence-electron chi connectivity index (χ3n) is 6.76. The standard InChI is InChI=1S/C31H36Cl3N3O6S/c1-6-27(31(39)35-17-20(2)3)36(18-21-7-8-23(33)15-26(21)34)30(38)19-37(24-11-9-22(32)10-12-24)44(40,41)25-13-14-28(42-4)29(16-25)43-5/h7-16,20,27H,6,17-19H2,1-5H3,(H,35,39). The van der Waals surface area contributed by atoms with Crippen LogP contribution in [0.15, 0.2) is 65.6 Å². The van der Waals surface area contributed by atoms with Crippen molar-refractivity contribution in [1.82, 2.24) is 10.2 Å². The first-order valence-electron chi connectivity index (χ1n) is 13.8. The number of methoxy groups -OCH3 is 2. The van der Waals surface area contributed by atoms with E-state index in [0.29, 0.717) is 32.9 Å². The number of carbonyl (C=O) groups excluding carboxylic acids is 2. The molecule has 3 rings (SSSR count). The minimum Gasteiger partial charge on any atom is -0.493 e. The number of nitrogens with zero attached hydrogens (tertiary/aromatic N) is 2. The molecule has 1 N–H and O–H groups in total. The van der Waals surface area contributed by atoms with Gasteiger partial charge in [0.25, 0.3) is 10.0 Å². The zero-order chi connectivity index (χ0) is 32.6. The number of benzene rings is 3. The molecule has 13 heteroatoms. The molecular weight excluding hydrogens is 649 g/mol. The van der Waals surface area contributed by atoms with Gasteiger partial charge in [-0.15, -0.1) is 0 Å². The summed E-state index contributed by atoms with van der Waals surface area (Å²) in [4.78, 5) is 28.8. The molecule has 3 aromatic rings. The predicted molar refractivity (Wildman–Crippen MR) is 174 cm³/mol. The van der Waals surface area contributed by atoms with Crippen LogP contribution in [0.25, 0.3) is 0 Å². The first-order valence-corrected chi connectivity index (χ1v) is 16.4. The number of ether oxygens (including phenoxy) is 2. The van der Waals surface area contributed by atoms with E-state index in [9.17, 15) is 18.0 Å². The smallest absolute Gasteiger partial charge is 0.264 e. The molecule has 1 unspecified atom stereocenters. The van der Waals surface area contributed by atoms with Crippen LogP contribution in [0.1, 0.15) is 32.8 Å². The molecule has 0 aliphatic carbocycles. The fraction of sp³-hybridized carbons (Fsp3) is 0.355. The average Bonchev–Trinajstić information content (AvgIpc) is 2.99. The van der Waals surface area contributed by atoms with Crippen molar-refractivity contribution in [2.45, 2.75) is 44.7 Å². The minimum atomic E-state index is -4.35. The Hall–Kier alpha value is -3.18. The zero-order valence-corrected chi connectivity index (χ0v) is 28.2. The number of hydrogen-bond donors (Lipinski definition) is 1. The van der Waals surface area contributed by atoms with E-state index in [1.165, 1.54) is 61.6 Å². The number of nitrogens with one attached hydrogen (secondary N) is 1. The van der Waals surface area contributed by atoms with Crippen molar-refractivity contribution in [3.63, 3.8) is 0 Å². The molecule has 0 fully saturated rings. The fourth-order valence-electron chi connectivity index (χ4n) is 4.42. The summed E-state index contributed by atoms with van der Waals surface area (Å²) in [5.74, 6) is -0.270. The highest BCUT2D eigenvalue weighted by Crippen LogP contribution is 2.33. The zero-order valence-electron chi connectivity index (χ0n) is 25.1. The second kappa shape index (κ2) is 15.7. The van der Waals surface area contributed by atoms with E-state index in [4.69, 9.17) is 44.3 Å². The molecular formula is C31H36Cl3N3O6S. The van der Waals surface area contributed by atoms with Crippen LogP contribution >= 0.6 is 34.8 Å². The molecule has 0 aliphatic heterocycles. The van der Waals surface area contributed by atoms with Gasteiger partial charge >= 0.3 is 0 Å². The van der Waals surface area contributed by atoms with Crippen molar-refractivity contribution in [1.29, 1.82) is 0 Å². The summed E-state index contributed by atoms with van der Waals surface area (Å²) >= 11 is 18.7. The highest BCUT2D eigenvalue weighted by atomic mass is 35.5. The highest BCUT2D eigenvalue weighted by Gasteiger charge is 2.34. The number of amides is 2. The lowest BCUT2D eigenvalue weighted by Gasteiger charge is -2.33. The Kier molecular flexibility index (Phi) is 12.6. The summed E-state index contributed by atoms with van der Waals surface area (Å²) in [6.07, 6.45) is 0.268. The van der Waals surface area contributed by atoms with Gasteiger partial charge in [0.1, 0.15) is 12.6 Å². The molecule has 3 aromatic carbocycles. The van der Waals surface area contributed by atoms with E-state index in [2.05, 4.69) is 5.32 Å². The van der Waals surface area contributed by atoms with Crippen LogP contribution in [-0.4, -0.2) is 58.5 Å². The molecule has 238 valence electrons. The Labute approximate surface area is 274 Å². The second-order valence-electron chi connectivity index (χ2n) is 10.3. The number of anilines is 1. The third kappa shape index (κ3) is 8.72. The van der Waals surface area contributed by atoms with E-state index in [-0.39, 0.29) is 41.1 Å². The van der Waals surface area contributed by atoms with Crippen molar-refractivity contribution < 1.29 is 27.5 Å². The van der Waals surface area contributed by atoms with Crippen molar-refractivity contribution in [2.75, 3.05) is 31.6 Å². The molecule has 0 saturated heterocycles. The number of rotatable bonds is 14. The van der Waals surface area contributed by atoms with Crippen molar-refractivity contribution in [3.05, 3.63) is 81.3 Å². The van der Waals surface area contributed by atoms with Gasteiger partial charge in [-0.2, -0.15) is 0 Å². The Morgan fingerprint density at radius 2 is 1.52 bits per heavy atom. The van der Waals surface area contributed by atoms with Crippen LogP contribution in [0.2, 0.25) is 15.1 Å². The monoisotopic (exact) mass is 683 g/mol. The summed E-state index contributed by atoms with van der Waals surface area (Å²) in [7, 11) is -1.52. The maximum Gasteiger partial charge on any atom is 0.264 e. The lowest BCUT2D eigenvalue weighted by molar-refractivity contribution is -0.140. The van der Waals surface area contributed by atoms with Gasteiger partial charge in [0.15, 0.2) is 11.5 Å². The summed E-state index contributed by atoms with van der Waals surface area (Å²) in [5, 5.41) is 3.99. The van der Waals surface area contributed by atoms with Gasteiger partial charge in [-0.05, 0) is 66.4 Å². The Balaban J connectivity index is 2.10. The van der Waals surface area contributed by atoms with Crippen LogP contribution in [-0.2, 0) is 26.2 Å². The molecule has 0 heterocycles. The van der Waals surface area contributed by atoms with Gasteiger partial charge in [0.2, 0.25) is 11.8 Å². The van der Waals surface area contributed by atoms with E-state index < -0.39 is 28.5 Å². The molecule has 1 atom stereocenters.